The number of nitrogens with one attached hydrogen (secondary N) is 3. The first-order valence-electron chi connectivity index (χ1n) is 10.8. The average Bonchev–Trinajstić information content (AvgIpc) is 2.68. The number of nitrogens with zero attached hydrogens (tertiary/aromatic N) is 2. The summed E-state index contributed by atoms with van der Waals surface area (Å²) in [6.07, 6.45) is 2.27. The Bertz CT molecular complexity index is 623. The van der Waals surface area contributed by atoms with Crippen LogP contribution in [0.5, 0.6) is 5.75 Å². The minimum atomic E-state index is -0.0978. The summed E-state index contributed by atoms with van der Waals surface area (Å²) >= 11 is 0. The molecule has 1 aromatic carbocycles. The van der Waals surface area contributed by atoms with Crippen molar-refractivity contribution < 1.29 is 9.53 Å². The molecule has 0 saturated heterocycles. The minimum absolute atomic E-state index is 0. The van der Waals surface area contributed by atoms with Crippen LogP contribution in [0.25, 0.3) is 0 Å². The Morgan fingerprint density at radius 3 is 2.60 bits per heavy atom. The molecule has 0 saturated carbocycles. The van der Waals surface area contributed by atoms with Crippen molar-refractivity contribution in [1.29, 1.82) is 0 Å². The number of aliphatic imine (C=N–C) groups is 1. The predicted molar refractivity (Wildman–Crippen MR) is 137 cm³/mol. The van der Waals surface area contributed by atoms with Crippen molar-refractivity contribution in [1.82, 2.24) is 15.5 Å². The molecule has 30 heavy (non-hydrogen) atoms. The first-order valence-corrected chi connectivity index (χ1v) is 10.8. The summed E-state index contributed by atoms with van der Waals surface area (Å²) in [5.74, 6) is 1.44. The molecule has 1 atom stereocenters. The van der Waals surface area contributed by atoms with Crippen LogP contribution >= 0.6 is 24.0 Å². The molecule has 0 aromatic heterocycles. The van der Waals surface area contributed by atoms with Gasteiger partial charge in [-0.25, -0.2) is 4.99 Å². The van der Waals surface area contributed by atoms with E-state index in [9.17, 15) is 4.79 Å². The molecule has 7 nitrogen and oxygen atoms in total. The maximum Gasteiger partial charge on any atom is 0.221 e. The zero-order valence-corrected chi connectivity index (χ0v) is 21.5. The maximum absolute atomic E-state index is 11.2. The van der Waals surface area contributed by atoms with Gasteiger partial charge in [-0.2, -0.15) is 0 Å². The van der Waals surface area contributed by atoms with Crippen molar-refractivity contribution in [3.8, 4) is 5.75 Å². The van der Waals surface area contributed by atoms with Crippen LogP contribution in [-0.4, -0.2) is 62.1 Å². The molecular weight excluding hydrogens is 493 g/mol. The summed E-state index contributed by atoms with van der Waals surface area (Å²) in [6.45, 7) is 15.3. The second kappa shape index (κ2) is 17.2. The van der Waals surface area contributed by atoms with Crippen LogP contribution in [0.3, 0.4) is 0 Å². The Kier molecular flexibility index (Phi) is 16.3. The monoisotopic (exact) mass is 533 g/mol. The van der Waals surface area contributed by atoms with Crippen molar-refractivity contribution in [2.45, 2.75) is 53.5 Å². The molecule has 0 bridgehead atoms. The lowest BCUT2D eigenvalue weighted by Crippen LogP contribution is -2.42. The van der Waals surface area contributed by atoms with Crippen molar-refractivity contribution in [2.24, 2.45) is 4.99 Å². The van der Waals surface area contributed by atoms with E-state index in [1.165, 1.54) is 13.3 Å². The average molecular weight is 533 g/mol. The number of hydrogen-bond acceptors (Lipinski definition) is 4. The summed E-state index contributed by atoms with van der Waals surface area (Å²) in [7, 11) is 0. The molecule has 0 radical (unpaired) electrons. The van der Waals surface area contributed by atoms with E-state index >= 15 is 0 Å². The molecule has 0 spiro atoms. The maximum atomic E-state index is 11.2. The quantitative estimate of drug-likeness (QED) is 0.156. The molecule has 0 aliphatic rings. The highest BCUT2D eigenvalue weighted by Gasteiger charge is 2.06. The van der Waals surface area contributed by atoms with E-state index in [1.807, 2.05) is 24.3 Å². The van der Waals surface area contributed by atoms with Crippen molar-refractivity contribution >= 4 is 41.5 Å². The van der Waals surface area contributed by atoms with Crippen LogP contribution in [-0.2, 0) is 4.79 Å². The third kappa shape index (κ3) is 12.9. The smallest absolute Gasteiger partial charge is 0.221 e. The van der Waals surface area contributed by atoms with Crippen molar-refractivity contribution in [3.05, 3.63) is 24.3 Å². The number of ether oxygens (including phenoxy) is 1. The van der Waals surface area contributed by atoms with Gasteiger partial charge in [-0.15, -0.1) is 24.0 Å². The minimum Gasteiger partial charge on any atom is -0.492 e. The second-order valence-corrected chi connectivity index (χ2v) is 7.03. The fourth-order valence-electron chi connectivity index (χ4n) is 2.97. The predicted octanol–water partition coefficient (Wildman–Crippen LogP) is 3.71. The van der Waals surface area contributed by atoms with E-state index in [1.54, 1.807) is 0 Å². The van der Waals surface area contributed by atoms with E-state index in [2.05, 4.69) is 53.5 Å². The van der Waals surface area contributed by atoms with Gasteiger partial charge in [0.05, 0.1) is 6.54 Å². The van der Waals surface area contributed by atoms with E-state index in [-0.39, 0.29) is 29.9 Å². The van der Waals surface area contributed by atoms with Crippen LogP contribution in [0.4, 0.5) is 5.69 Å². The molecule has 1 amide bonds. The summed E-state index contributed by atoms with van der Waals surface area (Å²) in [5, 5.41) is 9.52. The third-order valence-corrected chi connectivity index (χ3v) is 4.52. The van der Waals surface area contributed by atoms with Crippen LogP contribution in [0.15, 0.2) is 29.3 Å². The Labute approximate surface area is 199 Å². The Hall–Kier alpha value is -1.55. The summed E-state index contributed by atoms with van der Waals surface area (Å²) in [5.41, 5.74) is 0.729. The van der Waals surface area contributed by atoms with Gasteiger partial charge in [0.1, 0.15) is 12.4 Å². The first kappa shape index (κ1) is 28.5. The van der Waals surface area contributed by atoms with Gasteiger partial charge in [-0.3, -0.25) is 4.79 Å². The Balaban J connectivity index is 0.00000841. The number of amides is 1. The normalized spacial score (nSPS) is 12.1. The topological polar surface area (TPSA) is 78.0 Å². The molecule has 3 N–H and O–H groups in total. The van der Waals surface area contributed by atoms with Crippen molar-refractivity contribution in [3.63, 3.8) is 0 Å². The Morgan fingerprint density at radius 1 is 1.23 bits per heavy atom. The number of benzene rings is 1. The van der Waals surface area contributed by atoms with Crippen LogP contribution in [0, 0.1) is 0 Å². The van der Waals surface area contributed by atoms with Crippen LogP contribution < -0.4 is 20.7 Å². The van der Waals surface area contributed by atoms with Gasteiger partial charge < -0.3 is 25.6 Å². The molecule has 1 aromatic rings. The van der Waals surface area contributed by atoms with Crippen molar-refractivity contribution in [2.75, 3.05) is 44.6 Å². The summed E-state index contributed by atoms with van der Waals surface area (Å²) < 4.78 is 5.76. The fraction of sp³-hybridized carbons (Fsp3) is 0.636. The molecule has 172 valence electrons. The Morgan fingerprint density at radius 2 is 1.97 bits per heavy atom. The number of hydrogen-bond donors (Lipinski definition) is 3. The molecular formula is C22H40IN5O2. The van der Waals surface area contributed by atoms with Gasteiger partial charge in [0.15, 0.2) is 5.96 Å². The van der Waals surface area contributed by atoms with Crippen LogP contribution in [0.2, 0.25) is 0 Å². The standard InChI is InChI=1S/C22H39N5O2.HI/c1-6-23-22(25-18(4)11-10-15-27(7-2)8-3)24-14-16-29-21-13-9-12-20(17-21)26-19(5)28;/h9,12-13,17-18H,6-8,10-11,14-16H2,1-5H3,(H,26,28)(H2,23,24,25);1H. The highest BCUT2D eigenvalue weighted by Crippen LogP contribution is 2.17. The SMILES string of the molecule is CCNC(=NCCOc1cccc(NC(C)=O)c1)NC(C)CCCN(CC)CC.I. The van der Waals surface area contributed by atoms with E-state index in [0.29, 0.717) is 24.9 Å². The molecule has 0 heterocycles. The van der Waals surface area contributed by atoms with E-state index in [4.69, 9.17) is 4.74 Å². The fourth-order valence-corrected chi connectivity index (χ4v) is 2.97. The summed E-state index contributed by atoms with van der Waals surface area (Å²) in [4.78, 5) is 18.2. The molecule has 0 aliphatic heterocycles. The van der Waals surface area contributed by atoms with Gasteiger partial charge in [-0.1, -0.05) is 19.9 Å². The van der Waals surface area contributed by atoms with Gasteiger partial charge in [-0.05, 0) is 58.5 Å². The second-order valence-electron chi connectivity index (χ2n) is 7.03. The van der Waals surface area contributed by atoms with Gasteiger partial charge in [0.25, 0.3) is 0 Å². The largest absolute Gasteiger partial charge is 0.492 e. The first-order chi connectivity index (χ1) is 14.0. The highest BCUT2D eigenvalue weighted by atomic mass is 127. The van der Waals surface area contributed by atoms with Crippen LogP contribution in [0.1, 0.15) is 47.5 Å². The van der Waals surface area contributed by atoms with Gasteiger partial charge in [0, 0.05) is 31.3 Å². The highest BCUT2D eigenvalue weighted by molar-refractivity contribution is 14.0. The molecule has 0 aliphatic carbocycles. The molecule has 1 unspecified atom stereocenters. The lowest BCUT2D eigenvalue weighted by Gasteiger charge is -2.21. The number of carbonyl (C=O) groups is 1. The van der Waals surface area contributed by atoms with E-state index < -0.39 is 0 Å². The number of guanidine groups is 1. The number of rotatable bonds is 13. The summed E-state index contributed by atoms with van der Waals surface area (Å²) in [6, 6.07) is 7.73. The zero-order valence-electron chi connectivity index (χ0n) is 19.2. The number of carbonyl (C=O) groups excluding carboxylic acids is 1. The lowest BCUT2D eigenvalue weighted by atomic mass is 10.2. The zero-order chi connectivity index (χ0) is 21.5. The number of anilines is 1. The van der Waals surface area contributed by atoms with Gasteiger partial charge in [0.2, 0.25) is 5.91 Å². The molecule has 1 rings (SSSR count). The van der Waals surface area contributed by atoms with E-state index in [0.717, 1.165) is 44.2 Å². The molecule has 8 heteroatoms. The third-order valence-electron chi connectivity index (χ3n) is 4.52. The number of halogens is 1. The molecule has 0 fully saturated rings. The van der Waals surface area contributed by atoms with Gasteiger partial charge >= 0.3 is 0 Å². The lowest BCUT2D eigenvalue weighted by molar-refractivity contribution is -0.114.